The van der Waals surface area contributed by atoms with E-state index in [1.807, 2.05) is 19.1 Å². The predicted molar refractivity (Wildman–Crippen MR) is 180 cm³/mol. The fraction of sp³-hybridized carbons (Fsp3) is 0.294. The summed E-state index contributed by atoms with van der Waals surface area (Å²) in [4.78, 5) is 45.7. The maximum absolute atomic E-state index is 14.2. The molecule has 1 atom stereocenters. The maximum Gasteiger partial charge on any atom is 0.339 e. The van der Waals surface area contributed by atoms with Crippen molar-refractivity contribution < 1.29 is 28.2 Å². The summed E-state index contributed by atoms with van der Waals surface area (Å²) in [7, 11) is 1.54. The van der Waals surface area contributed by atoms with Crippen LogP contribution in [0.2, 0.25) is 5.02 Å². The van der Waals surface area contributed by atoms with Crippen LogP contribution in [0.25, 0.3) is 17.4 Å². The fourth-order valence-electron chi connectivity index (χ4n) is 5.21. The average molecular weight is 728 g/mol. The Labute approximate surface area is 282 Å². The lowest BCUT2D eigenvalue weighted by Gasteiger charge is -2.27. The largest absolute Gasteiger partial charge is 0.496 e. The second-order valence-corrected chi connectivity index (χ2v) is 13.0. The number of aromatic nitrogens is 1. The van der Waals surface area contributed by atoms with E-state index in [4.69, 9.17) is 35.2 Å². The maximum atomic E-state index is 14.2. The van der Waals surface area contributed by atoms with Crippen molar-refractivity contribution in [3.05, 3.63) is 106 Å². The third-order valence-corrected chi connectivity index (χ3v) is 8.80. The van der Waals surface area contributed by atoms with Crippen molar-refractivity contribution in [2.45, 2.75) is 52.7 Å². The lowest BCUT2D eigenvalue weighted by Crippen LogP contribution is -2.40. The molecule has 240 valence electrons. The van der Waals surface area contributed by atoms with Gasteiger partial charge in [0.1, 0.15) is 23.3 Å². The predicted octanol–water partition coefficient (Wildman–Crippen LogP) is 6.83. The van der Waals surface area contributed by atoms with E-state index in [-0.39, 0.29) is 18.3 Å². The second kappa shape index (κ2) is 14.2. The van der Waals surface area contributed by atoms with Crippen LogP contribution >= 0.6 is 38.9 Å². The fourth-order valence-corrected chi connectivity index (χ4v) is 6.77. The molecule has 3 heterocycles. The van der Waals surface area contributed by atoms with E-state index in [9.17, 15) is 14.4 Å². The number of ether oxygens (including phenoxy) is 3. The number of fused-ring (bicyclic) bond motifs is 1. The third-order valence-electron chi connectivity index (χ3n) is 7.09. The van der Waals surface area contributed by atoms with Crippen LogP contribution < -0.4 is 19.6 Å². The van der Waals surface area contributed by atoms with E-state index >= 15 is 0 Å². The molecule has 0 fully saturated rings. The number of benzene rings is 2. The zero-order chi connectivity index (χ0) is 33.1. The summed E-state index contributed by atoms with van der Waals surface area (Å²) in [6, 6.07) is 12.8. The van der Waals surface area contributed by atoms with Crippen LogP contribution in [0.3, 0.4) is 0 Å². The van der Waals surface area contributed by atoms with Gasteiger partial charge in [0, 0.05) is 26.7 Å². The molecule has 0 radical (unpaired) electrons. The number of methoxy groups -OCH3 is 1. The van der Waals surface area contributed by atoms with Crippen LogP contribution in [0.15, 0.2) is 78.5 Å². The highest BCUT2D eigenvalue weighted by molar-refractivity contribution is 9.10. The monoisotopic (exact) mass is 726 g/mol. The van der Waals surface area contributed by atoms with Gasteiger partial charge in [-0.05, 0) is 75.7 Å². The van der Waals surface area contributed by atoms with Crippen molar-refractivity contribution in [3.63, 3.8) is 0 Å². The first kappa shape index (κ1) is 33.4. The van der Waals surface area contributed by atoms with Gasteiger partial charge in [-0.15, -0.1) is 0 Å². The molecule has 12 heteroatoms. The summed E-state index contributed by atoms with van der Waals surface area (Å²) in [6.45, 7) is 7.44. The molecule has 9 nitrogen and oxygen atoms in total. The van der Waals surface area contributed by atoms with Gasteiger partial charge >= 0.3 is 11.9 Å². The zero-order valence-corrected chi connectivity index (χ0v) is 29.0. The van der Waals surface area contributed by atoms with Crippen molar-refractivity contribution in [3.8, 4) is 17.1 Å². The smallest absolute Gasteiger partial charge is 0.339 e. The topological polar surface area (TPSA) is 109 Å². The molecule has 2 aromatic heterocycles. The molecule has 1 aliphatic heterocycles. The minimum atomic E-state index is -0.848. The van der Waals surface area contributed by atoms with E-state index in [0.29, 0.717) is 66.0 Å². The Balaban J connectivity index is 1.68. The van der Waals surface area contributed by atoms with Crippen molar-refractivity contribution >= 4 is 56.9 Å². The molecule has 0 N–H and O–H groups in total. The van der Waals surface area contributed by atoms with Gasteiger partial charge in [0.2, 0.25) is 0 Å². The Morgan fingerprint density at radius 3 is 2.61 bits per heavy atom. The van der Waals surface area contributed by atoms with Gasteiger partial charge in [0.15, 0.2) is 4.80 Å². The molecule has 0 aliphatic carbocycles. The first-order valence-corrected chi connectivity index (χ1v) is 16.7. The van der Waals surface area contributed by atoms with Gasteiger partial charge in [-0.25, -0.2) is 14.6 Å². The number of hydrogen-bond donors (Lipinski definition) is 0. The van der Waals surface area contributed by atoms with Gasteiger partial charge < -0.3 is 18.6 Å². The number of carbonyl (C=O) groups excluding carboxylic acids is 2. The quantitative estimate of drug-likeness (QED) is 0.165. The van der Waals surface area contributed by atoms with Crippen LogP contribution in [0.5, 0.6) is 5.75 Å². The zero-order valence-electron chi connectivity index (χ0n) is 25.9. The SMILES string of the molecule is CCCC1=C(C(=O)OCC)[C@H](c2cc(Br)ccc2OC)n2c(s/c(=C\c3ccc(-c4cc(Cl)ccc4C(=O)OC(C)C)o3)c2=O)=N1. The normalized spacial score (nSPS) is 14.7. The molecule has 1 aliphatic rings. The second-order valence-electron chi connectivity index (χ2n) is 10.6. The lowest BCUT2D eigenvalue weighted by molar-refractivity contribution is -0.139. The Bertz CT molecular complexity index is 2020. The molecule has 2 aromatic carbocycles. The average Bonchev–Trinajstić information content (AvgIpc) is 3.60. The summed E-state index contributed by atoms with van der Waals surface area (Å²) in [5, 5.41) is 0.422. The van der Waals surface area contributed by atoms with Crippen LogP contribution in [-0.2, 0) is 14.3 Å². The molecule has 0 unspecified atom stereocenters. The first-order valence-electron chi connectivity index (χ1n) is 14.7. The number of hydrogen-bond acceptors (Lipinski definition) is 9. The Kier molecular flexibility index (Phi) is 10.3. The number of esters is 2. The van der Waals surface area contributed by atoms with Gasteiger partial charge in [0.05, 0.1) is 41.2 Å². The van der Waals surface area contributed by atoms with Crippen molar-refractivity contribution in [1.29, 1.82) is 0 Å². The molecular weight excluding hydrogens is 696 g/mol. The lowest BCUT2D eigenvalue weighted by atomic mass is 9.93. The van der Waals surface area contributed by atoms with Gasteiger partial charge in [-0.1, -0.05) is 52.2 Å². The molecule has 0 spiro atoms. The highest BCUT2D eigenvalue weighted by Gasteiger charge is 2.36. The Hall–Kier alpha value is -3.93. The summed E-state index contributed by atoms with van der Waals surface area (Å²) in [5.74, 6) is 0.213. The van der Waals surface area contributed by atoms with Gasteiger partial charge in [-0.3, -0.25) is 9.36 Å². The molecule has 4 aromatic rings. The number of nitrogens with zero attached hydrogens (tertiary/aromatic N) is 2. The third kappa shape index (κ3) is 6.77. The number of furan rings is 1. The van der Waals surface area contributed by atoms with E-state index in [1.54, 1.807) is 70.4 Å². The van der Waals surface area contributed by atoms with Crippen LogP contribution in [0.1, 0.15) is 68.3 Å². The van der Waals surface area contributed by atoms with E-state index in [0.717, 1.165) is 10.9 Å². The van der Waals surface area contributed by atoms with Crippen molar-refractivity contribution in [1.82, 2.24) is 4.57 Å². The number of rotatable bonds is 10. The minimum Gasteiger partial charge on any atom is -0.496 e. The van der Waals surface area contributed by atoms with E-state index < -0.39 is 18.0 Å². The number of halogens is 2. The first-order chi connectivity index (χ1) is 22.1. The Morgan fingerprint density at radius 1 is 1.13 bits per heavy atom. The van der Waals surface area contributed by atoms with Gasteiger partial charge in [-0.2, -0.15) is 0 Å². The van der Waals surface area contributed by atoms with Crippen LogP contribution in [-0.4, -0.2) is 36.3 Å². The summed E-state index contributed by atoms with van der Waals surface area (Å²) >= 11 is 11.0. The summed E-state index contributed by atoms with van der Waals surface area (Å²) in [6.07, 6.45) is 2.54. The molecular formula is C34H32BrClN2O7S. The van der Waals surface area contributed by atoms with Crippen LogP contribution in [0.4, 0.5) is 0 Å². The molecule has 5 rings (SSSR count). The highest BCUT2D eigenvalue weighted by Crippen LogP contribution is 2.38. The minimum absolute atomic E-state index is 0.166. The molecule has 0 saturated heterocycles. The highest BCUT2D eigenvalue weighted by atomic mass is 79.9. The number of allylic oxidation sites excluding steroid dienone is 1. The molecule has 0 bridgehead atoms. The van der Waals surface area contributed by atoms with Gasteiger partial charge in [0.25, 0.3) is 5.56 Å². The summed E-state index contributed by atoms with van der Waals surface area (Å²) in [5.41, 5.74) is 1.86. The molecule has 0 saturated carbocycles. The molecule has 46 heavy (non-hydrogen) atoms. The standard InChI is InChI=1S/C34H32BrClN2O7S/c1-6-8-25-29(33(41)43-7-2)30(24-15-19(35)9-13-26(24)42-5)38-31(39)28(46-34(38)37-25)17-21-11-14-27(45-21)23-16-20(36)10-12-22(23)32(40)44-18(3)4/h9-18,30H,6-8H2,1-5H3/b28-17-/t30-/m0/s1. The summed E-state index contributed by atoms with van der Waals surface area (Å²) < 4.78 is 25.3. The van der Waals surface area contributed by atoms with E-state index in [1.165, 1.54) is 15.9 Å². The van der Waals surface area contributed by atoms with Crippen LogP contribution in [0, 0.1) is 0 Å². The van der Waals surface area contributed by atoms with E-state index in [2.05, 4.69) is 15.9 Å². The number of carbonyl (C=O) groups is 2. The molecule has 0 amide bonds. The Morgan fingerprint density at radius 2 is 1.91 bits per heavy atom. The number of thiazole rings is 1. The van der Waals surface area contributed by atoms with Crippen molar-refractivity contribution in [2.24, 2.45) is 4.99 Å². The van der Waals surface area contributed by atoms with Crippen molar-refractivity contribution in [2.75, 3.05) is 13.7 Å².